The first-order chi connectivity index (χ1) is 12.0. The normalized spacial score (nSPS) is 34.2. The Morgan fingerprint density at radius 2 is 1.76 bits per heavy atom. The van der Waals surface area contributed by atoms with E-state index in [1.54, 1.807) is 0 Å². The van der Waals surface area contributed by atoms with Gasteiger partial charge in [0.25, 0.3) is 0 Å². The first-order valence-corrected chi connectivity index (χ1v) is 10.6. The molecule has 0 aromatic heterocycles. The van der Waals surface area contributed by atoms with Crippen molar-refractivity contribution in [2.75, 3.05) is 0 Å². The van der Waals surface area contributed by atoms with Gasteiger partial charge in [-0.15, -0.1) is 0 Å². The summed E-state index contributed by atoms with van der Waals surface area (Å²) in [6, 6.07) is 2.66. The van der Waals surface area contributed by atoms with Crippen LogP contribution in [0.1, 0.15) is 97.3 Å². The second-order valence-electron chi connectivity index (χ2n) is 8.86. The number of nitriles is 1. The molecule has 25 heavy (non-hydrogen) atoms. The van der Waals surface area contributed by atoms with E-state index in [1.165, 1.54) is 51.4 Å². The van der Waals surface area contributed by atoms with Gasteiger partial charge in [0.1, 0.15) is 0 Å². The summed E-state index contributed by atoms with van der Waals surface area (Å²) in [6.45, 7) is 4.47. The molecule has 2 aliphatic carbocycles. The van der Waals surface area contributed by atoms with Crippen molar-refractivity contribution >= 4 is 5.97 Å². The van der Waals surface area contributed by atoms with E-state index in [2.05, 4.69) is 19.9 Å². The average Bonchev–Trinajstić information content (AvgIpc) is 2.62. The molecule has 2 aliphatic rings. The number of hydrogen-bond acceptors (Lipinski definition) is 2. The van der Waals surface area contributed by atoms with Gasteiger partial charge in [-0.1, -0.05) is 39.5 Å². The van der Waals surface area contributed by atoms with E-state index in [0.29, 0.717) is 12.3 Å². The molecule has 0 radical (unpaired) electrons. The third kappa shape index (κ3) is 5.47. The fourth-order valence-electron chi connectivity index (χ4n) is 5.53. The molecule has 2 fully saturated rings. The Hall–Kier alpha value is -1.04. The van der Waals surface area contributed by atoms with Crippen LogP contribution in [-0.4, -0.2) is 11.1 Å². The van der Waals surface area contributed by atoms with Gasteiger partial charge >= 0.3 is 5.97 Å². The summed E-state index contributed by atoms with van der Waals surface area (Å²) in [4.78, 5) is 10.7. The van der Waals surface area contributed by atoms with Gasteiger partial charge in [0.2, 0.25) is 0 Å². The third-order valence-electron chi connectivity index (χ3n) is 7.37. The van der Waals surface area contributed by atoms with Crippen molar-refractivity contribution in [1.82, 2.24) is 0 Å². The van der Waals surface area contributed by atoms with Crippen LogP contribution < -0.4 is 0 Å². The van der Waals surface area contributed by atoms with Gasteiger partial charge < -0.3 is 5.11 Å². The van der Waals surface area contributed by atoms with Gasteiger partial charge in [0.05, 0.1) is 11.5 Å². The lowest BCUT2D eigenvalue weighted by Gasteiger charge is -2.43. The van der Waals surface area contributed by atoms with Crippen LogP contribution in [0.2, 0.25) is 0 Å². The van der Waals surface area contributed by atoms with Gasteiger partial charge in [0.15, 0.2) is 0 Å². The second-order valence-corrected chi connectivity index (χ2v) is 8.86. The molecule has 0 aromatic carbocycles. The second kappa shape index (κ2) is 9.60. The highest BCUT2D eigenvalue weighted by Gasteiger charge is 2.41. The Morgan fingerprint density at radius 3 is 2.28 bits per heavy atom. The first kappa shape index (κ1) is 20.3. The summed E-state index contributed by atoms with van der Waals surface area (Å²) in [7, 11) is 0. The molecule has 0 spiro atoms. The molecule has 1 N–H and O–H groups in total. The quantitative estimate of drug-likeness (QED) is 0.570. The Morgan fingerprint density at radius 1 is 1.16 bits per heavy atom. The van der Waals surface area contributed by atoms with Crippen LogP contribution in [0.3, 0.4) is 0 Å². The Bertz CT molecular complexity index is 451. The molecule has 0 bridgehead atoms. The lowest BCUT2D eigenvalue weighted by Crippen LogP contribution is -2.35. The summed E-state index contributed by atoms with van der Waals surface area (Å²) in [5, 5.41) is 18.7. The first-order valence-electron chi connectivity index (χ1n) is 10.6. The number of aliphatic carboxylic acids is 1. The van der Waals surface area contributed by atoms with E-state index in [1.807, 2.05) is 0 Å². The zero-order chi connectivity index (χ0) is 18.3. The van der Waals surface area contributed by atoms with Gasteiger partial charge in [0, 0.05) is 6.42 Å². The lowest BCUT2D eigenvalue weighted by atomic mass is 9.60. The van der Waals surface area contributed by atoms with E-state index in [9.17, 15) is 10.1 Å². The SMILES string of the molecule is CCCC1CCC(C2CCC(C#N)(C(C)CCCC(=O)O)CC2)CC1. The van der Waals surface area contributed by atoms with E-state index in [0.717, 1.165) is 37.0 Å². The molecule has 0 amide bonds. The van der Waals surface area contributed by atoms with Crippen molar-refractivity contribution in [1.29, 1.82) is 5.26 Å². The summed E-state index contributed by atoms with van der Waals surface area (Å²) < 4.78 is 0. The maximum absolute atomic E-state index is 10.7. The maximum Gasteiger partial charge on any atom is 0.303 e. The monoisotopic (exact) mass is 347 g/mol. The molecule has 0 aliphatic heterocycles. The minimum Gasteiger partial charge on any atom is -0.481 e. The predicted molar refractivity (Wildman–Crippen MR) is 101 cm³/mol. The van der Waals surface area contributed by atoms with Gasteiger partial charge in [-0.2, -0.15) is 5.26 Å². The third-order valence-corrected chi connectivity index (χ3v) is 7.37. The lowest BCUT2D eigenvalue weighted by molar-refractivity contribution is -0.137. The Kier molecular flexibility index (Phi) is 7.79. The number of hydrogen-bond donors (Lipinski definition) is 1. The average molecular weight is 348 g/mol. The smallest absolute Gasteiger partial charge is 0.303 e. The number of rotatable bonds is 8. The summed E-state index contributed by atoms with van der Waals surface area (Å²) in [5.41, 5.74) is -0.200. The largest absolute Gasteiger partial charge is 0.481 e. The van der Waals surface area contributed by atoms with Crippen LogP contribution in [0.15, 0.2) is 0 Å². The number of carboxylic acids is 1. The topological polar surface area (TPSA) is 61.1 Å². The number of nitrogens with zero attached hydrogens (tertiary/aromatic N) is 1. The minimum atomic E-state index is -0.722. The molecule has 0 aromatic rings. The Labute approximate surface area is 154 Å². The van der Waals surface area contributed by atoms with Crippen LogP contribution in [0.4, 0.5) is 0 Å². The molecule has 142 valence electrons. The highest BCUT2D eigenvalue weighted by atomic mass is 16.4. The summed E-state index contributed by atoms with van der Waals surface area (Å²) in [6.07, 6.45) is 14.6. The fourth-order valence-corrected chi connectivity index (χ4v) is 5.53. The fraction of sp³-hybridized carbons (Fsp3) is 0.909. The van der Waals surface area contributed by atoms with E-state index >= 15 is 0 Å². The molecule has 2 rings (SSSR count). The molecule has 1 atom stereocenters. The van der Waals surface area contributed by atoms with Crippen molar-refractivity contribution < 1.29 is 9.90 Å². The van der Waals surface area contributed by atoms with Crippen molar-refractivity contribution in [3.05, 3.63) is 0 Å². The van der Waals surface area contributed by atoms with Crippen molar-refractivity contribution in [2.45, 2.75) is 97.3 Å². The Balaban J connectivity index is 1.80. The highest BCUT2D eigenvalue weighted by Crippen LogP contribution is 2.49. The van der Waals surface area contributed by atoms with Crippen molar-refractivity contribution in [3.63, 3.8) is 0 Å². The molecule has 1 unspecified atom stereocenters. The van der Waals surface area contributed by atoms with Gasteiger partial charge in [-0.3, -0.25) is 4.79 Å². The van der Waals surface area contributed by atoms with E-state index < -0.39 is 5.97 Å². The zero-order valence-corrected chi connectivity index (χ0v) is 16.3. The van der Waals surface area contributed by atoms with Crippen molar-refractivity contribution in [3.8, 4) is 6.07 Å². The highest BCUT2D eigenvalue weighted by molar-refractivity contribution is 5.66. The van der Waals surface area contributed by atoms with Crippen LogP contribution >= 0.6 is 0 Å². The van der Waals surface area contributed by atoms with Crippen molar-refractivity contribution in [2.24, 2.45) is 29.1 Å². The number of carbonyl (C=O) groups is 1. The van der Waals surface area contributed by atoms with Gasteiger partial charge in [-0.25, -0.2) is 0 Å². The van der Waals surface area contributed by atoms with Crippen LogP contribution in [-0.2, 0) is 4.79 Å². The van der Waals surface area contributed by atoms with E-state index in [-0.39, 0.29) is 11.8 Å². The number of carboxylic acid groups (broad SMARTS) is 1. The standard InChI is InChI=1S/C22H37NO2/c1-3-5-18-8-10-19(11-9-18)20-12-14-22(16-23,15-13-20)17(2)6-4-7-21(24)25/h17-20H,3-15H2,1-2H3,(H,24,25). The van der Waals surface area contributed by atoms with E-state index in [4.69, 9.17) is 5.11 Å². The van der Waals surface area contributed by atoms with Crippen LogP contribution in [0.25, 0.3) is 0 Å². The van der Waals surface area contributed by atoms with Crippen LogP contribution in [0, 0.1) is 40.4 Å². The molecular weight excluding hydrogens is 310 g/mol. The maximum atomic E-state index is 10.7. The minimum absolute atomic E-state index is 0.200. The summed E-state index contributed by atoms with van der Waals surface area (Å²) >= 11 is 0. The molecule has 2 saturated carbocycles. The summed E-state index contributed by atoms with van der Waals surface area (Å²) in [5.74, 6) is 2.29. The molecule has 3 nitrogen and oxygen atoms in total. The molecule has 0 saturated heterocycles. The zero-order valence-electron chi connectivity index (χ0n) is 16.3. The predicted octanol–water partition coefficient (Wildman–Crippen LogP) is 6.18. The molecule has 3 heteroatoms. The van der Waals surface area contributed by atoms with Crippen LogP contribution in [0.5, 0.6) is 0 Å². The van der Waals surface area contributed by atoms with Gasteiger partial charge in [-0.05, 0) is 75.0 Å². The molecular formula is C22H37NO2. The molecule has 0 heterocycles.